The molecule has 0 amide bonds. The van der Waals surface area contributed by atoms with Crippen LogP contribution < -0.4 is 19.3 Å². The number of hydrogen-bond acceptors (Lipinski definition) is 6. The van der Waals surface area contributed by atoms with E-state index in [0.717, 1.165) is 125 Å². The summed E-state index contributed by atoms with van der Waals surface area (Å²) < 4.78 is 31.1. The number of ether oxygens (including phenoxy) is 4. The monoisotopic (exact) mass is 1700 g/mol. The summed E-state index contributed by atoms with van der Waals surface area (Å²) in [5, 5.41) is 9.39. The lowest BCUT2D eigenvalue weighted by atomic mass is 9.70. The zero-order valence-electron chi connectivity index (χ0n) is 73.2. The number of aromatic nitrogens is 2. The second kappa shape index (κ2) is 34.5. The van der Waals surface area contributed by atoms with Gasteiger partial charge in [-0.05, 0) is 246 Å². The second-order valence-electron chi connectivity index (χ2n) is 34.7. The Balaban J connectivity index is 0.474. The van der Waals surface area contributed by atoms with Crippen LogP contribution in [0.4, 0.5) is 34.1 Å². The molecule has 0 spiro atoms. The average Bonchev–Trinajstić information content (AvgIpc) is 1.55. The number of anilines is 6. The molecule has 0 radical (unpaired) electrons. The van der Waals surface area contributed by atoms with Crippen LogP contribution in [0.2, 0.25) is 0 Å². The molecule has 8 nitrogen and oxygen atoms in total. The van der Waals surface area contributed by atoms with Crippen molar-refractivity contribution in [2.75, 3.05) is 23.0 Å². The van der Waals surface area contributed by atoms with Gasteiger partial charge in [-0.1, -0.05) is 329 Å². The van der Waals surface area contributed by atoms with E-state index in [1.165, 1.54) is 98.7 Å². The number of rotatable bonds is 28. The quantitative estimate of drug-likeness (QED) is 0.0487. The fourth-order valence-electron chi connectivity index (χ4n) is 21.1. The van der Waals surface area contributed by atoms with Gasteiger partial charge in [-0.25, -0.2) is 0 Å². The predicted molar refractivity (Wildman–Crippen MR) is 546 cm³/mol. The summed E-state index contributed by atoms with van der Waals surface area (Å²) in [7, 11) is 0. The first-order chi connectivity index (χ1) is 65.3. The second-order valence-corrected chi connectivity index (χ2v) is 34.7. The molecule has 634 valence electrons. The SMILES string of the molecule is C=Cc1ccc(OCCC2(c3ccccc3)c3ccccc3-c3ccc(N(c4ccc5c(c4)c4ccccc4n5-c4ccc(COCc5ccc(COCc6ccc(-n7c8ccccc8c8cc(N(c9ccc%10c(c9)C(CCOc9ccc(C=C)cc9)(c9ccccc9)c9ccccc9-%10)c9cccc%10ccccc9%10)ccc87)cc6)cc5)cc4)c4cccc5ccccc45)cc32)cc1. The van der Waals surface area contributed by atoms with Crippen LogP contribution in [-0.4, -0.2) is 22.3 Å². The van der Waals surface area contributed by atoms with Gasteiger partial charge >= 0.3 is 0 Å². The highest BCUT2D eigenvalue weighted by molar-refractivity contribution is 6.13. The van der Waals surface area contributed by atoms with Crippen molar-refractivity contribution in [2.24, 2.45) is 0 Å². The van der Waals surface area contributed by atoms with Crippen molar-refractivity contribution < 1.29 is 18.9 Å². The Kier molecular flexibility index (Phi) is 21.0. The molecule has 0 saturated carbocycles. The normalized spacial score (nSPS) is 14.2. The highest BCUT2D eigenvalue weighted by Gasteiger charge is 2.47. The number of para-hydroxylation sites is 2. The van der Waals surface area contributed by atoms with Crippen LogP contribution in [-0.2, 0) is 46.7 Å². The van der Waals surface area contributed by atoms with Gasteiger partial charge in [0.1, 0.15) is 11.5 Å². The fraction of sp³-hybridized carbons (Fsp3) is 0.0806. The van der Waals surface area contributed by atoms with Crippen LogP contribution in [0, 0.1) is 0 Å². The summed E-state index contributed by atoms with van der Waals surface area (Å²) >= 11 is 0. The van der Waals surface area contributed by atoms with Crippen LogP contribution >= 0.6 is 0 Å². The van der Waals surface area contributed by atoms with E-state index >= 15 is 0 Å². The molecule has 23 rings (SSSR count). The molecule has 2 aromatic heterocycles. The molecular weight excluding hydrogens is 1610 g/mol. The molecule has 0 bridgehead atoms. The molecule has 21 aromatic rings. The lowest BCUT2D eigenvalue weighted by Crippen LogP contribution is -2.29. The maximum Gasteiger partial charge on any atom is 0.119 e. The molecule has 132 heavy (non-hydrogen) atoms. The molecule has 19 aromatic carbocycles. The Labute approximate surface area is 769 Å². The lowest BCUT2D eigenvalue weighted by Gasteiger charge is -2.34. The molecular formula is C124H94N4O4. The fourth-order valence-corrected chi connectivity index (χ4v) is 21.1. The van der Waals surface area contributed by atoms with E-state index < -0.39 is 10.8 Å². The van der Waals surface area contributed by atoms with Crippen LogP contribution in [0.25, 0.3) is 111 Å². The summed E-state index contributed by atoms with van der Waals surface area (Å²) in [6, 6.07) is 159. The highest BCUT2D eigenvalue weighted by Crippen LogP contribution is 2.59. The minimum absolute atomic E-state index is 0.475. The molecule has 0 fully saturated rings. The van der Waals surface area contributed by atoms with Gasteiger partial charge in [-0.15, -0.1) is 0 Å². The highest BCUT2D eigenvalue weighted by atomic mass is 16.5. The standard InChI is InChI=1S/C124H94N4O4/c1-3-85-53-65-101(66-54-85)131-75-73-123(93-29-7-5-8-30-93)113-39-19-15-35-105(113)107-69-61-99(79-115(107)123)125(117-43-23-27-91-25-11-13-33-103(91)117)97-63-71-121-111(77-97)109-37-17-21-41-119(109)127(121)95-57-49-89(50-58-95)83-129-81-87-45-47-88(48-46-87)82-130-84-90-51-59-96(60-52-90)128-120-42-22-18-38-110(120)112-78-98(64-72-122(112)128)126(118-44-24-28-92-26-12-14-34-104(92)118)100-62-70-108-106-36-16-20-40-114(106)124(116(108)80-100,94-31-9-6-10-32-94)74-76-132-102-67-55-86(4-2)56-68-102/h3-72,77-80H,1-2,73-76,81-84H2. The molecule has 0 N–H and O–H groups in total. The van der Waals surface area contributed by atoms with Crippen molar-refractivity contribution in [3.63, 3.8) is 0 Å². The Morgan fingerprint density at radius 2 is 0.583 bits per heavy atom. The number of fused-ring (bicyclic) bond motifs is 14. The molecule has 8 heteroatoms. The Morgan fingerprint density at radius 1 is 0.258 bits per heavy atom. The Bertz CT molecular complexity index is 7460. The maximum atomic E-state index is 6.68. The van der Waals surface area contributed by atoms with E-state index in [9.17, 15) is 0 Å². The molecule has 0 aliphatic heterocycles. The largest absolute Gasteiger partial charge is 0.494 e. The van der Waals surface area contributed by atoms with Gasteiger partial charge in [0.25, 0.3) is 0 Å². The molecule has 2 unspecified atom stereocenters. The van der Waals surface area contributed by atoms with E-state index in [0.29, 0.717) is 39.6 Å². The van der Waals surface area contributed by atoms with Crippen molar-refractivity contribution in [3.05, 3.63) is 517 Å². The van der Waals surface area contributed by atoms with Crippen molar-refractivity contribution in [2.45, 2.75) is 50.1 Å². The number of benzene rings is 19. The van der Waals surface area contributed by atoms with Crippen molar-refractivity contribution >= 4 is 111 Å². The van der Waals surface area contributed by atoms with E-state index in [1.807, 2.05) is 36.4 Å². The zero-order valence-corrected chi connectivity index (χ0v) is 73.2. The minimum atomic E-state index is -0.512. The predicted octanol–water partition coefficient (Wildman–Crippen LogP) is 31.4. The summed E-state index contributed by atoms with van der Waals surface area (Å²) in [6.07, 6.45) is 5.18. The van der Waals surface area contributed by atoms with Crippen molar-refractivity contribution in [3.8, 4) is 45.1 Å². The third-order valence-electron chi connectivity index (χ3n) is 27.4. The third kappa shape index (κ3) is 14.4. The van der Waals surface area contributed by atoms with Crippen molar-refractivity contribution in [1.82, 2.24) is 9.13 Å². The number of hydrogen-bond donors (Lipinski definition) is 0. The lowest BCUT2D eigenvalue weighted by molar-refractivity contribution is 0.105. The molecule has 0 saturated heterocycles. The van der Waals surface area contributed by atoms with E-state index in [2.05, 4.69) is 445 Å². The maximum absolute atomic E-state index is 6.68. The van der Waals surface area contributed by atoms with Gasteiger partial charge in [-0.3, -0.25) is 0 Å². The van der Waals surface area contributed by atoms with Gasteiger partial charge in [0.05, 0.1) is 73.1 Å². The van der Waals surface area contributed by atoms with Crippen LogP contribution in [0.15, 0.2) is 450 Å². The van der Waals surface area contributed by atoms with Gasteiger partial charge in [-0.2, -0.15) is 0 Å². The minimum Gasteiger partial charge on any atom is -0.494 e. The van der Waals surface area contributed by atoms with Crippen LogP contribution in [0.3, 0.4) is 0 Å². The molecule has 2 heterocycles. The third-order valence-corrected chi connectivity index (χ3v) is 27.4. The van der Waals surface area contributed by atoms with E-state index in [4.69, 9.17) is 18.9 Å². The smallest absolute Gasteiger partial charge is 0.119 e. The van der Waals surface area contributed by atoms with Gasteiger partial charge in [0, 0.05) is 77.3 Å². The average molecular weight is 1700 g/mol. The topological polar surface area (TPSA) is 53.3 Å². The molecule has 2 aliphatic carbocycles. The molecule has 2 aliphatic rings. The summed E-state index contributed by atoms with van der Waals surface area (Å²) in [6.45, 7) is 10.9. The van der Waals surface area contributed by atoms with Gasteiger partial charge in [0.2, 0.25) is 0 Å². The summed E-state index contributed by atoms with van der Waals surface area (Å²) in [5.74, 6) is 1.68. The Hall–Kier alpha value is -16.1. The van der Waals surface area contributed by atoms with E-state index in [1.54, 1.807) is 0 Å². The first kappa shape index (κ1) is 80.5. The van der Waals surface area contributed by atoms with Crippen LogP contribution in [0.5, 0.6) is 11.5 Å². The summed E-state index contributed by atoms with van der Waals surface area (Å²) in [5.41, 5.74) is 31.2. The summed E-state index contributed by atoms with van der Waals surface area (Å²) in [4.78, 5) is 4.95. The Morgan fingerprint density at radius 3 is 0.992 bits per heavy atom. The van der Waals surface area contributed by atoms with Gasteiger partial charge < -0.3 is 37.9 Å². The number of nitrogens with zero attached hydrogens (tertiary/aromatic N) is 4. The van der Waals surface area contributed by atoms with Crippen molar-refractivity contribution in [1.29, 1.82) is 0 Å². The van der Waals surface area contributed by atoms with Crippen LogP contribution in [0.1, 0.15) is 79.6 Å². The molecule has 2 atom stereocenters. The van der Waals surface area contributed by atoms with Gasteiger partial charge in [0.15, 0.2) is 0 Å². The van der Waals surface area contributed by atoms with E-state index in [-0.39, 0.29) is 0 Å². The first-order valence-corrected chi connectivity index (χ1v) is 45.7. The first-order valence-electron chi connectivity index (χ1n) is 45.7. The zero-order chi connectivity index (χ0) is 88.1.